The fraction of sp³-hybridized carbons (Fsp3) is 0.429. The minimum atomic E-state index is -1.11. The number of likely N-dealkylation sites (tertiary alicyclic amines) is 1. The van der Waals surface area contributed by atoms with Gasteiger partial charge in [-0.2, -0.15) is 0 Å². The lowest BCUT2D eigenvalue weighted by Crippen LogP contribution is -2.45. The van der Waals surface area contributed by atoms with Crippen molar-refractivity contribution in [3.63, 3.8) is 0 Å². The predicted octanol–water partition coefficient (Wildman–Crippen LogP) is 2.43. The van der Waals surface area contributed by atoms with Crippen LogP contribution in [-0.4, -0.2) is 34.5 Å². The zero-order chi connectivity index (χ0) is 14.7. The largest absolute Gasteiger partial charge is 0.480 e. The number of nitrogens with zero attached hydrogens (tertiary/aromatic N) is 1. The summed E-state index contributed by atoms with van der Waals surface area (Å²) in [6.07, 6.45) is 2.51. The highest BCUT2D eigenvalue weighted by Gasteiger charge is 2.32. The van der Waals surface area contributed by atoms with Crippen LogP contribution in [0.4, 0.5) is 8.78 Å². The van der Waals surface area contributed by atoms with Crippen molar-refractivity contribution in [1.29, 1.82) is 0 Å². The van der Waals surface area contributed by atoms with Crippen molar-refractivity contribution in [3.05, 3.63) is 35.4 Å². The van der Waals surface area contributed by atoms with Crippen LogP contribution < -0.4 is 0 Å². The minimum Gasteiger partial charge on any atom is -0.480 e. The Morgan fingerprint density at radius 2 is 1.95 bits per heavy atom. The molecule has 0 bridgehead atoms. The van der Waals surface area contributed by atoms with Crippen molar-refractivity contribution in [2.45, 2.75) is 31.7 Å². The molecule has 1 aliphatic heterocycles. The summed E-state index contributed by atoms with van der Waals surface area (Å²) in [6, 6.07) is 1.62. The van der Waals surface area contributed by atoms with Gasteiger partial charge in [-0.1, -0.05) is 12.8 Å². The summed E-state index contributed by atoms with van der Waals surface area (Å²) in [6.45, 7) is 0.242. The zero-order valence-electron chi connectivity index (χ0n) is 10.8. The number of amides is 1. The van der Waals surface area contributed by atoms with E-state index in [1.807, 2.05) is 0 Å². The molecule has 1 saturated heterocycles. The second-order valence-corrected chi connectivity index (χ2v) is 4.83. The Bertz CT molecular complexity index is 533. The van der Waals surface area contributed by atoms with Crippen LogP contribution in [0.2, 0.25) is 0 Å². The summed E-state index contributed by atoms with van der Waals surface area (Å²) >= 11 is 0. The zero-order valence-corrected chi connectivity index (χ0v) is 10.8. The van der Waals surface area contributed by atoms with E-state index in [4.69, 9.17) is 0 Å². The summed E-state index contributed by atoms with van der Waals surface area (Å²) < 4.78 is 26.8. The first kappa shape index (κ1) is 14.4. The van der Waals surface area contributed by atoms with Gasteiger partial charge in [0.1, 0.15) is 17.7 Å². The van der Waals surface area contributed by atoms with Gasteiger partial charge in [0.2, 0.25) is 0 Å². The van der Waals surface area contributed by atoms with E-state index in [0.29, 0.717) is 19.3 Å². The summed E-state index contributed by atoms with van der Waals surface area (Å²) in [5.74, 6) is -3.45. The predicted molar refractivity (Wildman–Crippen MR) is 67.3 cm³/mol. The molecule has 0 spiro atoms. The lowest BCUT2D eigenvalue weighted by molar-refractivity contribution is -0.142. The molecule has 20 heavy (non-hydrogen) atoms. The molecule has 1 heterocycles. The molecule has 1 amide bonds. The van der Waals surface area contributed by atoms with Crippen molar-refractivity contribution in [1.82, 2.24) is 4.90 Å². The fourth-order valence-electron chi connectivity index (χ4n) is 2.42. The van der Waals surface area contributed by atoms with E-state index in [1.54, 1.807) is 0 Å². The van der Waals surface area contributed by atoms with Crippen molar-refractivity contribution in [2.75, 3.05) is 6.54 Å². The third-order valence-corrected chi connectivity index (χ3v) is 3.46. The Hall–Kier alpha value is -1.98. The van der Waals surface area contributed by atoms with Gasteiger partial charge in [-0.3, -0.25) is 4.79 Å². The number of halogens is 2. The summed E-state index contributed by atoms with van der Waals surface area (Å²) in [4.78, 5) is 24.7. The highest BCUT2D eigenvalue weighted by molar-refractivity contribution is 5.96. The second kappa shape index (κ2) is 5.98. The molecule has 2 rings (SSSR count). The monoisotopic (exact) mass is 283 g/mol. The fourth-order valence-corrected chi connectivity index (χ4v) is 2.42. The van der Waals surface area contributed by atoms with Crippen LogP contribution in [0.25, 0.3) is 0 Å². The third kappa shape index (κ3) is 2.95. The van der Waals surface area contributed by atoms with Crippen molar-refractivity contribution in [3.8, 4) is 0 Å². The van der Waals surface area contributed by atoms with Gasteiger partial charge in [-0.25, -0.2) is 13.6 Å². The standard InChI is InChI=1S/C14H15F2NO3/c15-9-5-6-11(16)10(8-9)13(18)17-7-3-1-2-4-12(17)14(19)20/h5-6,8,12H,1-4,7H2,(H,19,20). The van der Waals surface area contributed by atoms with Crippen LogP contribution in [0, 0.1) is 11.6 Å². The molecular weight excluding hydrogens is 268 g/mol. The van der Waals surface area contributed by atoms with Crippen molar-refractivity contribution < 1.29 is 23.5 Å². The smallest absolute Gasteiger partial charge is 0.326 e. The number of carbonyl (C=O) groups excluding carboxylic acids is 1. The first-order chi connectivity index (χ1) is 9.50. The lowest BCUT2D eigenvalue weighted by Gasteiger charge is -2.27. The van der Waals surface area contributed by atoms with Crippen LogP contribution in [0.1, 0.15) is 36.0 Å². The third-order valence-electron chi connectivity index (χ3n) is 3.46. The number of aliphatic carboxylic acids is 1. The Morgan fingerprint density at radius 1 is 1.20 bits per heavy atom. The molecule has 1 aliphatic rings. The van der Waals surface area contributed by atoms with Crippen molar-refractivity contribution >= 4 is 11.9 Å². The maximum atomic E-state index is 13.6. The van der Waals surface area contributed by atoms with E-state index in [2.05, 4.69) is 0 Å². The number of carbonyl (C=O) groups is 2. The molecular formula is C14H15F2NO3. The number of hydrogen-bond donors (Lipinski definition) is 1. The normalized spacial score (nSPS) is 19.5. The van der Waals surface area contributed by atoms with E-state index in [-0.39, 0.29) is 6.54 Å². The van der Waals surface area contributed by atoms with Gasteiger partial charge in [0.25, 0.3) is 5.91 Å². The number of benzene rings is 1. The van der Waals surface area contributed by atoms with E-state index in [0.717, 1.165) is 29.5 Å². The average Bonchev–Trinajstić information content (AvgIpc) is 2.66. The SMILES string of the molecule is O=C(O)C1CCCCCN1C(=O)c1cc(F)ccc1F. The van der Waals surface area contributed by atoms with Crippen LogP contribution >= 0.6 is 0 Å². The van der Waals surface area contributed by atoms with Gasteiger partial charge in [-0.15, -0.1) is 0 Å². The number of carboxylic acids is 1. The molecule has 0 radical (unpaired) electrons. The first-order valence-corrected chi connectivity index (χ1v) is 6.49. The molecule has 0 aromatic heterocycles. The number of hydrogen-bond acceptors (Lipinski definition) is 2. The first-order valence-electron chi connectivity index (χ1n) is 6.49. The van der Waals surface area contributed by atoms with E-state index in [9.17, 15) is 23.5 Å². The molecule has 1 unspecified atom stereocenters. The quantitative estimate of drug-likeness (QED) is 0.907. The highest BCUT2D eigenvalue weighted by atomic mass is 19.1. The number of rotatable bonds is 2. The topological polar surface area (TPSA) is 57.6 Å². The molecule has 1 fully saturated rings. The summed E-state index contributed by atoms with van der Waals surface area (Å²) in [5.41, 5.74) is -0.418. The van der Waals surface area contributed by atoms with Gasteiger partial charge in [0.15, 0.2) is 0 Å². The van der Waals surface area contributed by atoms with Gasteiger partial charge in [-0.05, 0) is 31.0 Å². The number of carboxylic acid groups (broad SMARTS) is 1. The van der Waals surface area contributed by atoms with Gasteiger partial charge in [0.05, 0.1) is 5.56 Å². The Balaban J connectivity index is 2.33. The van der Waals surface area contributed by atoms with Gasteiger partial charge < -0.3 is 10.0 Å². The highest BCUT2D eigenvalue weighted by Crippen LogP contribution is 2.21. The second-order valence-electron chi connectivity index (χ2n) is 4.83. The Morgan fingerprint density at radius 3 is 2.65 bits per heavy atom. The molecule has 6 heteroatoms. The molecule has 0 saturated carbocycles. The molecule has 108 valence electrons. The molecule has 1 aromatic carbocycles. The van der Waals surface area contributed by atoms with Crippen LogP contribution in [0.5, 0.6) is 0 Å². The minimum absolute atomic E-state index is 0.242. The van der Waals surface area contributed by atoms with Crippen LogP contribution in [0.15, 0.2) is 18.2 Å². The van der Waals surface area contributed by atoms with Crippen molar-refractivity contribution in [2.24, 2.45) is 0 Å². The van der Waals surface area contributed by atoms with E-state index >= 15 is 0 Å². The maximum absolute atomic E-state index is 13.6. The molecule has 1 aromatic rings. The maximum Gasteiger partial charge on any atom is 0.326 e. The molecule has 0 aliphatic carbocycles. The van der Waals surface area contributed by atoms with Gasteiger partial charge >= 0.3 is 5.97 Å². The Kier molecular flexibility index (Phi) is 4.32. The van der Waals surface area contributed by atoms with E-state index in [1.165, 1.54) is 0 Å². The molecule has 1 atom stereocenters. The van der Waals surface area contributed by atoms with Gasteiger partial charge in [0, 0.05) is 6.54 Å². The Labute approximate surface area is 115 Å². The molecule has 4 nitrogen and oxygen atoms in total. The average molecular weight is 283 g/mol. The molecule has 1 N–H and O–H groups in total. The summed E-state index contributed by atoms with van der Waals surface area (Å²) in [5, 5.41) is 9.19. The van der Waals surface area contributed by atoms with Crippen LogP contribution in [-0.2, 0) is 4.79 Å². The summed E-state index contributed by atoms with van der Waals surface area (Å²) in [7, 11) is 0. The van der Waals surface area contributed by atoms with E-state index < -0.39 is 35.1 Å². The lowest BCUT2D eigenvalue weighted by atomic mass is 10.1. The van der Waals surface area contributed by atoms with Crippen LogP contribution in [0.3, 0.4) is 0 Å².